The maximum Gasteiger partial charge on any atom is 0.303 e. The monoisotopic (exact) mass is 502 g/mol. The molecule has 1 atom stereocenters. The molecule has 0 amide bonds. The molecule has 0 aromatic heterocycles. The SMILES string of the molecule is CCCCCCCCCCCCCCCCC(CC(=O)O)c1cc(C(C)(C)C)c(O)c(C(C)(C)C)c1. The molecule has 0 heterocycles. The van der Waals surface area contributed by atoms with Gasteiger partial charge in [-0.25, -0.2) is 0 Å². The standard InChI is InChI=1S/C33H58O3/c1-8-9-10-11-12-13-14-15-16-17-18-19-20-21-22-26(25-30(34)35)27-23-28(32(2,3)4)31(36)29(24-27)33(5,6)7/h23-24,26,36H,8-22,25H2,1-7H3,(H,34,35). The number of benzene rings is 1. The van der Waals surface area contributed by atoms with Crippen LogP contribution in [-0.2, 0) is 15.6 Å². The molecule has 0 aliphatic rings. The van der Waals surface area contributed by atoms with E-state index in [9.17, 15) is 15.0 Å². The summed E-state index contributed by atoms with van der Waals surface area (Å²) in [5.41, 5.74) is 2.49. The molecule has 0 aliphatic carbocycles. The number of carbonyl (C=O) groups is 1. The lowest BCUT2D eigenvalue weighted by atomic mass is 9.76. The number of hydrogen-bond donors (Lipinski definition) is 2. The lowest BCUT2D eigenvalue weighted by Crippen LogP contribution is -2.19. The number of unbranched alkanes of at least 4 members (excludes halogenated alkanes) is 13. The molecule has 0 spiro atoms. The molecule has 0 bridgehead atoms. The normalized spacial score (nSPS) is 13.2. The molecule has 0 saturated carbocycles. The summed E-state index contributed by atoms with van der Waals surface area (Å²) >= 11 is 0. The Kier molecular flexibility index (Phi) is 14.8. The van der Waals surface area contributed by atoms with E-state index in [4.69, 9.17) is 0 Å². The van der Waals surface area contributed by atoms with Crippen LogP contribution in [0.5, 0.6) is 5.75 Å². The quantitative estimate of drug-likeness (QED) is 0.196. The summed E-state index contributed by atoms with van der Waals surface area (Å²) in [5.74, 6) is -0.389. The number of aliphatic carboxylic acids is 1. The van der Waals surface area contributed by atoms with Crippen LogP contribution in [0.3, 0.4) is 0 Å². The van der Waals surface area contributed by atoms with Crippen LogP contribution in [0.1, 0.15) is 174 Å². The summed E-state index contributed by atoms with van der Waals surface area (Å²) < 4.78 is 0. The number of hydrogen-bond acceptors (Lipinski definition) is 2. The molecule has 0 saturated heterocycles. The predicted octanol–water partition coefficient (Wildman–Crippen LogP) is 10.4. The van der Waals surface area contributed by atoms with Gasteiger partial charge in [-0.2, -0.15) is 0 Å². The zero-order valence-corrected chi connectivity index (χ0v) is 24.8. The van der Waals surface area contributed by atoms with Crippen LogP contribution in [0.4, 0.5) is 0 Å². The fourth-order valence-corrected chi connectivity index (χ4v) is 5.22. The van der Waals surface area contributed by atoms with Gasteiger partial charge in [-0.05, 0) is 39.9 Å². The van der Waals surface area contributed by atoms with Crippen LogP contribution in [-0.4, -0.2) is 16.2 Å². The first kappa shape index (κ1) is 32.5. The molecular weight excluding hydrogens is 444 g/mol. The fraction of sp³-hybridized carbons (Fsp3) is 0.788. The molecule has 0 radical (unpaired) electrons. The first-order valence-electron chi connectivity index (χ1n) is 15.0. The largest absolute Gasteiger partial charge is 0.507 e. The second kappa shape index (κ2) is 16.4. The number of phenolic OH excluding ortho intramolecular Hbond substituents is 1. The van der Waals surface area contributed by atoms with Crippen molar-refractivity contribution in [2.45, 2.75) is 168 Å². The van der Waals surface area contributed by atoms with Crippen LogP contribution >= 0.6 is 0 Å². The molecule has 36 heavy (non-hydrogen) atoms. The van der Waals surface area contributed by atoms with Crippen molar-refractivity contribution in [3.63, 3.8) is 0 Å². The van der Waals surface area contributed by atoms with Gasteiger partial charge in [-0.3, -0.25) is 4.79 Å². The van der Waals surface area contributed by atoms with Crippen LogP contribution in [0.15, 0.2) is 12.1 Å². The van der Waals surface area contributed by atoms with E-state index in [1.165, 1.54) is 83.5 Å². The average molecular weight is 503 g/mol. The molecule has 1 unspecified atom stereocenters. The van der Waals surface area contributed by atoms with Crippen molar-refractivity contribution in [3.8, 4) is 5.75 Å². The predicted molar refractivity (Wildman–Crippen MR) is 155 cm³/mol. The smallest absolute Gasteiger partial charge is 0.303 e. The molecule has 1 aromatic carbocycles. The van der Waals surface area contributed by atoms with E-state index in [1.54, 1.807) is 0 Å². The number of carboxylic acid groups (broad SMARTS) is 1. The Bertz CT molecular complexity index is 716. The lowest BCUT2D eigenvalue weighted by Gasteiger charge is -2.30. The van der Waals surface area contributed by atoms with Gasteiger partial charge in [0.25, 0.3) is 0 Å². The first-order valence-corrected chi connectivity index (χ1v) is 15.0. The van der Waals surface area contributed by atoms with Crippen molar-refractivity contribution in [2.75, 3.05) is 0 Å². The van der Waals surface area contributed by atoms with Crippen molar-refractivity contribution in [3.05, 3.63) is 28.8 Å². The lowest BCUT2D eigenvalue weighted by molar-refractivity contribution is -0.137. The van der Waals surface area contributed by atoms with Gasteiger partial charge in [0.05, 0.1) is 6.42 Å². The number of rotatable bonds is 18. The molecule has 0 aliphatic heterocycles. The van der Waals surface area contributed by atoms with Gasteiger partial charge in [-0.1, -0.05) is 150 Å². The van der Waals surface area contributed by atoms with Crippen molar-refractivity contribution >= 4 is 5.97 Å². The maximum absolute atomic E-state index is 11.7. The zero-order valence-electron chi connectivity index (χ0n) is 24.8. The second-order valence-corrected chi connectivity index (χ2v) is 13.1. The van der Waals surface area contributed by atoms with E-state index in [1.807, 2.05) is 0 Å². The minimum Gasteiger partial charge on any atom is -0.507 e. The number of carboxylic acids is 1. The highest BCUT2D eigenvalue weighted by molar-refractivity contribution is 5.68. The zero-order chi connectivity index (χ0) is 27.2. The van der Waals surface area contributed by atoms with Gasteiger partial charge in [0.2, 0.25) is 0 Å². The Labute approximate surface area is 223 Å². The van der Waals surface area contributed by atoms with Crippen molar-refractivity contribution in [2.24, 2.45) is 0 Å². The summed E-state index contributed by atoms with van der Waals surface area (Å²) in [4.78, 5) is 11.7. The fourth-order valence-electron chi connectivity index (χ4n) is 5.22. The van der Waals surface area contributed by atoms with Crippen molar-refractivity contribution in [1.82, 2.24) is 0 Å². The first-order chi connectivity index (χ1) is 16.9. The van der Waals surface area contributed by atoms with E-state index < -0.39 is 5.97 Å². The van der Waals surface area contributed by atoms with Crippen LogP contribution in [0, 0.1) is 0 Å². The molecule has 3 nitrogen and oxygen atoms in total. The third-order valence-corrected chi connectivity index (χ3v) is 7.55. The third kappa shape index (κ3) is 12.6. The molecule has 1 rings (SSSR count). The Balaban J connectivity index is 2.56. The van der Waals surface area contributed by atoms with Crippen LogP contribution in [0.2, 0.25) is 0 Å². The van der Waals surface area contributed by atoms with Gasteiger partial charge in [0.1, 0.15) is 5.75 Å². The van der Waals surface area contributed by atoms with Gasteiger partial charge in [0.15, 0.2) is 0 Å². The summed E-state index contributed by atoms with van der Waals surface area (Å²) in [6.45, 7) is 14.9. The Morgan fingerprint density at radius 1 is 0.694 bits per heavy atom. The highest BCUT2D eigenvalue weighted by Crippen LogP contribution is 2.42. The summed E-state index contributed by atoms with van der Waals surface area (Å²) in [5, 5.41) is 20.7. The molecule has 2 N–H and O–H groups in total. The minimum absolute atomic E-state index is 0.0115. The minimum atomic E-state index is -0.743. The van der Waals surface area contributed by atoms with Crippen molar-refractivity contribution in [1.29, 1.82) is 0 Å². The Morgan fingerprint density at radius 3 is 1.39 bits per heavy atom. The molecule has 0 fully saturated rings. The average Bonchev–Trinajstić information content (AvgIpc) is 2.77. The number of phenols is 1. The van der Waals surface area contributed by atoms with Crippen LogP contribution in [0.25, 0.3) is 0 Å². The van der Waals surface area contributed by atoms with Crippen LogP contribution < -0.4 is 0 Å². The van der Waals surface area contributed by atoms with Crippen molar-refractivity contribution < 1.29 is 15.0 Å². The highest BCUT2D eigenvalue weighted by atomic mass is 16.4. The number of aromatic hydroxyl groups is 1. The second-order valence-electron chi connectivity index (χ2n) is 13.1. The summed E-state index contributed by atoms with van der Waals surface area (Å²) in [6.07, 6.45) is 19.6. The molecule has 3 heteroatoms. The van der Waals surface area contributed by atoms with Gasteiger partial charge >= 0.3 is 5.97 Å². The van der Waals surface area contributed by atoms with E-state index in [-0.39, 0.29) is 23.2 Å². The molecule has 208 valence electrons. The molecular formula is C33H58O3. The summed E-state index contributed by atoms with van der Waals surface area (Å²) in [6, 6.07) is 4.14. The van der Waals surface area contributed by atoms with E-state index in [0.29, 0.717) is 5.75 Å². The summed E-state index contributed by atoms with van der Waals surface area (Å²) in [7, 11) is 0. The topological polar surface area (TPSA) is 57.5 Å². The van der Waals surface area contributed by atoms with Gasteiger partial charge in [-0.15, -0.1) is 0 Å². The van der Waals surface area contributed by atoms with E-state index in [2.05, 4.69) is 60.6 Å². The van der Waals surface area contributed by atoms with Gasteiger partial charge < -0.3 is 10.2 Å². The maximum atomic E-state index is 11.7. The van der Waals surface area contributed by atoms with Gasteiger partial charge in [0, 0.05) is 0 Å². The molecule has 1 aromatic rings. The Hall–Kier alpha value is -1.51. The Morgan fingerprint density at radius 2 is 1.06 bits per heavy atom. The third-order valence-electron chi connectivity index (χ3n) is 7.55. The highest BCUT2D eigenvalue weighted by Gasteiger charge is 2.28. The van der Waals surface area contributed by atoms with E-state index >= 15 is 0 Å². The van der Waals surface area contributed by atoms with E-state index in [0.717, 1.165) is 29.5 Å².